The molecule has 2 aromatic rings. The van der Waals surface area contributed by atoms with Gasteiger partial charge in [-0.2, -0.15) is 5.26 Å². The lowest BCUT2D eigenvalue weighted by Gasteiger charge is -2.38. The van der Waals surface area contributed by atoms with Crippen LogP contribution in [0, 0.1) is 11.3 Å². The fraction of sp³-hybridized carbons (Fsp3) is 0.188. The smallest absolute Gasteiger partial charge is 0.255 e. The molecule has 1 saturated heterocycles. The summed E-state index contributed by atoms with van der Waals surface area (Å²) in [4.78, 5) is 17.8. The van der Waals surface area contributed by atoms with Crippen molar-refractivity contribution in [3.05, 3.63) is 59.9 Å². The number of rotatable bonds is 3. The number of ether oxygens (including phenoxy) is 1. The van der Waals surface area contributed by atoms with Crippen LogP contribution in [0.4, 0.5) is 0 Å². The van der Waals surface area contributed by atoms with Crippen LogP contribution in [0.1, 0.15) is 15.9 Å². The van der Waals surface area contributed by atoms with E-state index >= 15 is 0 Å². The maximum absolute atomic E-state index is 12.1. The molecule has 0 N–H and O–H groups in total. The second-order valence-electron chi connectivity index (χ2n) is 4.83. The van der Waals surface area contributed by atoms with E-state index in [4.69, 9.17) is 10.00 Å². The maximum atomic E-state index is 12.1. The zero-order valence-corrected chi connectivity index (χ0v) is 11.3. The number of benzene rings is 1. The van der Waals surface area contributed by atoms with Gasteiger partial charge in [0.2, 0.25) is 0 Å². The van der Waals surface area contributed by atoms with Crippen LogP contribution >= 0.6 is 0 Å². The lowest BCUT2D eigenvalue weighted by atomic mass is 10.1. The molecule has 1 aliphatic rings. The third kappa shape index (κ3) is 2.84. The van der Waals surface area contributed by atoms with Crippen LogP contribution in [0.3, 0.4) is 0 Å². The number of aromatic nitrogens is 1. The summed E-state index contributed by atoms with van der Waals surface area (Å²) in [5.74, 6) is 0.690. The summed E-state index contributed by atoms with van der Waals surface area (Å²) < 4.78 is 5.75. The van der Waals surface area contributed by atoms with Crippen LogP contribution < -0.4 is 4.74 Å². The highest BCUT2D eigenvalue weighted by Crippen LogP contribution is 2.20. The fourth-order valence-electron chi connectivity index (χ4n) is 2.15. The van der Waals surface area contributed by atoms with Crippen LogP contribution in [-0.4, -0.2) is 35.0 Å². The van der Waals surface area contributed by atoms with Crippen molar-refractivity contribution in [2.75, 3.05) is 13.1 Å². The van der Waals surface area contributed by atoms with E-state index in [1.807, 2.05) is 0 Å². The van der Waals surface area contributed by atoms with Gasteiger partial charge in [-0.15, -0.1) is 0 Å². The quantitative estimate of drug-likeness (QED) is 0.860. The van der Waals surface area contributed by atoms with Gasteiger partial charge < -0.3 is 9.64 Å². The largest absolute Gasteiger partial charge is 0.487 e. The maximum Gasteiger partial charge on any atom is 0.255 e. The molecule has 5 nitrogen and oxygen atoms in total. The summed E-state index contributed by atoms with van der Waals surface area (Å²) >= 11 is 0. The van der Waals surface area contributed by atoms with Crippen molar-refractivity contribution in [2.45, 2.75) is 6.10 Å². The molecule has 0 unspecified atom stereocenters. The Morgan fingerprint density at radius 1 is 1.29 bits per heavy atom. The summed E-state index contributed by atoms with van der Waals surface area (Å²) in [6, 6.07) is 12.5. The zero-order valence-electron chi connectivity index (χ0n) is 11.3. The topological polar surface area (TPSA) is 66.2 Å². The SMILES string of the molecule is N#Cc1ccc(OC2CN(C(=O)c3cccnc3)C2)cc1. The predicted octanol–water partition coefficient (Wildman–Crippen LogP) is 1.86. The highest BCUT2D eigenvalue weighted by atomic mass is 16.5. The molecule has 0 bridgehead atoms. The molecule has 0 atom stereocenters. The van der Waals surface area contributed by atoms with Crippen LogP contribution in [0.15, 0.2) is 48.8 Å². The molecule has 1 aromatic heterocycles. The second kappa shape index (κ2) is 5.63. The van der Waals surface area contributed by atoms with Crippen molar-refractivity contribution in [1.29, 1.82) is 5.26 Å². The Bertz CT molecular complexity index is 671. The van der Waals surface area contributed by atoms with Crippen molar-refractivity contribution in [1.82, 2.24) is 9.88 Å². The third-order valence-corrected chi connectivity index (χ3v) is 3.33. The van der Waals surface area contributed by atoms with Gasteiger partial charge in [0.05, 0.1) is 30.3 Å². The molecular formula is C16H13N3O2. The molecule has 0 saturated carbocycles. The van der Waals surface area contributed by atoms with Crippen LogP contribution in [0.2, 0.25) is 0 Å². The number of nitriles is 1. The summed E-state index contributed by atoms with van der Waals surface area (Å²) in [6.07, 6.45) is 3.21. The van der Waals surface area contributed by atoms with Crippen molar-refractivity contribution in [2.24, 2.45) is 0 Å². The average molecular weight is 279 g/mol. The minimum Gasteiger partial charge on any atom is -0.487 e. The molecule has 21 heavy (non-hydrogen) atoms. The first kappa shape index (κ1) is 13.1. The van der Waals surface area contributed by atoms with Gasteiger partial charge in [0.15, 0.2) is 0 Å². The number of hydrogen-bond donors (Lipinski definition) is 0. The molecular weight excluding hydrogens is 266 g/mol. The van der Waals surface area contributed by atoms with E-state index in [1.54, 1.807) is 53.7 Å². The van der Waals surface area contributed by atoms with Crippen LogP contribution in [0.5, 0.6) is 5.75 Å². The molecule has 2 heterocycles. The van der Waals surface area contributed by atoms with E-state index in [-0.39, 0.29) is 12.0 Å². The Morgan fingerprint density at radius 2 is 2.05 bits per heavy atom. The molecule has 0 radical (unpaired) electrons. The molecule has 0 spiro atoms. The minimum atomic E-state index is -0.0252. The van der Waals surface area contributed by atoms with Gasteiger partial charge in [0.1, 0.15) is 11.9 Å². The molecule has 1 fully saturated rings. The first-order valence-electron chi connectivity index (χ1n) is 6.62. The average Bonchev–Trinajstić information content (AvgIpc) is 2.51. The van der Waals surface area contributed by atoms with E-state index in [1.165, 1.54) is 0 Å². The van der Waals surface area contributed by atoms with Crippen LogP contribution in [0.25, 0.3) is 0 Å². The standard InChI is InChI=1S/C16H13N3O2/c17-8-12-3-5-14(6-4-12)21-15-10-19(11-15)16(20)13-2-1-7-18-9-13/h1-7,9,15H,10-11H2. The van der Waals surface area contributed by atoms with E-state index < -0.39 is 0 Å². The Kier molecular flexibility index (Phi) is 3.52. The van der Waals surface area contributed by atoms with E-state index in [9.17, 15) is 4.79 Å². The van der Waals surface area contributed by atoms with Gasteiger partial charge in [-0.25, -0.2) is 0 Å². The van der Waals surface area contributed by atoms with E-state index in [0.717, 1.165) is 0 Å². The normalized spacial score (nSPS) is 14.1. The molecule has 0 aliphatic carbocycles. The van der Waals surface area contributed by atoms with Gasteiger partial charge in [-0.3, -0.25) is 9.78 Å². The van der Waals surface area contributed by atoms with Crippen LogP contribution in [-0.2, 0) is 0 Å². The van der Waals surface area contributed by atoms with Gasteiger partial charge >= 0.3 is 0 Å². The number of amides is 1. The summed E-state index contributed by atoms with van der Waals surface area (Å²) in [6.45, 7) is 1.13. The van der Waals surface area contributed by atoms with Gasteiger partial charge in [0.25, 0.3) is 5.91 Å². The predicted molar refractivity (Wildman–Crippen MR) is 75.7 cm³/mol. The van der Waals surface area contributed by atoms with Gasteiger partial charge in [-0.1, -0.05) is 0 Å². The number of likely N-dealkylation sites (tertiary alicyclic amines) is 1. The Hall–Kier alpha value is -2.87. The van der Waals surface area contributed by atoms with E-state index in [0.29, 0.717) is 30.0 Å². The van der Waals surface area contributed by atoms with Crippen molar-refractivity contribution >= 4 is 5.91 Å². The summed E-state index contributed by atoms with van der Waals surface area (Å²) in [5.41, 5.74) is 1.19. The molecule has 3 rings (SSSR count). The highest BCUT2D eigenvalue weighted by Gasteiger charge is 2.32. The molecule has 5 heteroatoms. The monoisotopic (exact) mass is 279 g/mol. The van der Waals surface area contributed by atoms with E-state index in [2.05, 4.69) is 11.1 Å². The lowest BCUT2D eigenvalue weighted by molar-refractivity contribution is 0.0177. The number of hydrogen-bond acceptors (Lipinski definition) is 4. The molecule has 1 aromatic carbocycles. The van der Waals surface area contributed by atoms with Gasteiger partial charge in [-0.05, 0) is 36.4 Å². The Morgan fingerprint density at radius 3 is 2.67 bits per heavy atom. The van der Waals surface area contributed by atoms with Crippen molar-refractivity contribution < 1.29 is 9.53 Å². The van der Waals surface area contributed by atoms with Crippen molar-refractivity contribution in [3.8, 4) is 11.8 Å². The second-order valence-corrected chi connectivity index (χ2v) is 4.83. The first-order chi connectivity index (χ1) is 10.3. The summed E-state index contributed by atoms with van der Waals surface area (Å²) in [5, 5.41) is 8.73. The minimum absolute atomic E-state index is 0.00134. The zero-order chi connectivity index (χ0) is 14.7. The highest BCUT2D eigenvalue weighted by molar-refractivity contribution is 5.94. The molecule has 1 aliphatic heterocycles. The fourth-order valence-corrected chi connectivity index (χ4v) is 2.15. The summed E-state index contributed by atoms with van der Waals surface area (Å²) in [7, 11) is 0. The third-order valence-electron chi connectivity index (χ3n) is 3.33. The van der Waals surface area contributed by atoms with Crippen molar-refractivity contribution in [3.63, 3.8) is 0 Å². The number of carbonyl (C=O) groups is 1. The Labute approximate surface area is 122 Å². The number of carbonyl (C=O) groups excluding carboxylic acids is 1. The molecule has 1 amide bonds. The molecule has 104 valence electrons. The first-order valence-corrected chi connectivity index (χ1v) is 6.62. The lowest BCUT2D eigenvalue weighted by Crippen LogP contribution is -2.56. The number of pyridine rings is 1. The Balaban J connectivity index is 1.54. The van der Waals surface area contributed by atoms with Gasteiger partial charge in [0, 0.05) is 12.4 Å². The number of nitrogens with zero attached hydrogens (tertiary/aromatic N) is 3.